The molecule has 1 unspecified atom stereocenters. The molecule has 2 N–H and O–H groups in total. The van der Waals surface area contributed by atoms with Gasteiger partial charge in [-0.25, -0.2) is 4.79 Å². The van der Waals surface area contributed by atoms with Crippen LogP contribution in [0.3, 0.4) is 0 Å². The number of rotatable bonds is 6. The van der Waals surface area contributed by atoms with Crippen molar-refractivity contribution in [2.24, 2.45) is 0 Å². The molecule has 2 amide bonds. The van der Waals surface area contributed by atoms with E-state index in [1.165, 1.54) is 0 Å². The highest BCUT2D eigenvalue weighted by Gasteiger charge is 2.18. The van der Waals surface area contributed by atoms with E-state index < -0.39 is 0 Å². The zero-order chi connectivity index (χ0) is 15.1. The highest BCUT2D eigenvalue weighted by Crippen LogP contribution is 2.25. The molecule has 0 fully saturated rings. The van der Waals surface area contributed by atoms with Gasteiger partial charge in [-0.1, -0.05) is 50.2 Å². The van der Waals surface area contributed by atoms with Crippen LogP contribution in [0.5, 0.6) is 0 Å². The Labute approximate surface area is 130 Å². The van der Waals surface area contributed by atoms with Crippen molar-refractivity contribution in [1.82, 2.24) is 10.6 Å². The van der Waals surface area contributed by atoms with E-state index >= 15 is 0 Å². The van der Waals surface area contributed by atoms with E-state index in [9.17, 15) is 4.79 Å². The Hall–Kier alpha value is -1.81. The van der Waals surface area contributed by atoms with Gasteiger partial charge >= 0.3 is 6.03 Å². The predicted octanol–water partition coefficient (Wildman–Crippen LogP) is 4.33. The maximum atomic E-state index is 12.2. The Morgan fingerprint density at radius 1 is 1.05 bits per heavy atom. The third-order valence-corrected chi connectivity index (χ3v) is 4.49. The molecule has 2 rings (SSSR count). The minimum atomic E-state index is -0.106. The van der Waals surface area contributed by atoms with Crippen molar-refractivity contribution in [3.8, 4) is 0 Å². The van der Waals surface area contributed by atoms with Crippen molar-refractivity contribution in [3.05, 3.63) is 58.3 Å². The lowest BCUT2D eigenvalue weighted by atomic mass is 10.1. The van der Waals surface area contributed by atoms with Gasteiger partial charge in [-0.2, -0.15) is 0 Å². The van der Waals surface area contributed by atoms with Crippen molar-refractivity contribution < 1.29 is 4.79 Å². The van der Waals surface area contributed by atoms with E-state index in [1.807, 2.05) is 41.8 Å². The highest BCUT2D eigenvalue weighted by atomic mass is 32.1. The summed E-state index contributed by atoms with van der Waals surface area (Å²) < 4.78 is 0. The summed E-state index contributed by atoms with van der Waals surface area (Å²) in [6, 6.07) is 14.2. The number of hydrogen-bond donors (Lipinski definition) is 2. The number of thiophene rings is 1. The quantitative estimate of drug-likeness (QED) is 0.819. The second kappa shape index (κ2) is 7.84. The summed E-state index contributed by atoms with van der Waals surface area (Å²) in [5.74, 6) is 0. The molecule has 0 saturated carbocycles. The lowest BCUT2D eigenvalue weighted by Gasteiger charge is -2.21. The zero-order valence-electron chi connectivity index (χ0n) is 12.5. The first-order chi connectivity index (χ1) is 10.2. The van der Waals surface area contributed by atoms with Crippen LogP contribution in [0.25, 0.3) is 0 Å². The van der Waals surface area contributed by atoms with E-state index in [4.69, 9.17) is 0 Å². The molecule has 112 valence electrons. The number of nitrogens with one attached hydrogen (secondary N) is 2. The zero-order valence-corrected chi connectivity index (χ0v) is 13.3. The second-order valence-corrected chi connectivity index (χ2v) is 5.97. The first kappa shape index (κ1) is 15.6. The van der Waals surface area contributed by atoms with Crippen LogP contribution in [-0.4, -0.2) is 12.1 Å². The van der Waals surface area contributed by atoms with Crippen molar-refractivity contribution in [1.29, 1.82) is 0 Å². The smallest absolute Gasteiger partial charge is 0.315 e. The average molecular weight is 302 g/mol. The van der Waals surface area contributed by atoms with Gasteiger partial charge in [0.25, 0.3) is 0 Å². The van der Waals surface area contributed by atoms with Crippen molar-refractivity contribution in [2.75, 3.05) is 0 Å². The van der Waals surface area contributed by atoms with Crippen LogP contribution in [0.2, 0.25) is 0 Å². The molecule has 1 aromatic carbocycles. The summed E-state index contributed by atoms with van der Waals surface area (Å²) in [6.45, 7) is 4.17. The minimum absolute atomic E-state index is 0.0967. The largest absolute Gasteiger partial charge is 0.335 e. The third kappa shape index (κ3) is 4.33. The predicted molar refractivity (Wildman–Crippen MR) is 88.6 cm³/mol. The van der Waals surface area contributed by atoms with Crippen LogP contribution < -0.4 is 10.6 Å². The van der Waals surface area contributed by atoms with Crippen LogP contribution in [0, 0.1) is 0 Å². The van der Waals surface area contributed by atoms with Gasteiger partial charge in [-0.15, -0.1) is 11.3 Å². The number of urea groups is 1. The molecule has 1 aromatic heterocycles. The molecule has 21 heavy (non-hydrogen) atoms. The van der Waals surface area contributed by atoms with Crippen LogP contribution in [0.1, 0.15) is 43.2 Å². The number of benzene rings is 1. The molecule has 0 aliphatic rings. The Balaban J connectivity index is 2.12. The van der Waals surface area contributed by atoms with Crippen LogP contribution in [0.15, 0.2) is 47.8 Å². The van der Waals surface area contributed by atoms with Crippen LogP contribution >= 0.6 is 11.3 Å². The molecule has 2 aromatic rings. The molecule has 3 nitrogen and oxygen atoms in total. The highest BCUT2D eigenvalue weighted by molar-refractivity contribution is 7.10. The summed E-state index contributed by atoms with van der Waals surface area (Å²) in [5.41, 5.74) is 1.10. The van der Waals surface area contributed by atoms with Crippen molar-refractivity contribution >= 4 is 17.4 Å². The summed E-state index contributed by atoms with van der Waals surface area (Å²) in [4.78, 5) is 13.4. The second-order valence-electron chi connectivity index (χ2n) is 4.99. The van der Waals surface area contributed by atoms with E-state index in [1.54, 1.807) is 11.3 Å². The molecule has 0 aliphatic carbocycles. The SMILES string of the molecule is CCC(CC)NC(=O)NC(c1ccccc1)c1cccs1. The van der Waals surface area contributed by atoms with Gasteiger partial charge in [0.1, 0.15) is 0 Å². The maximum Gasteiger partial charge on any atom is 0.315 e. The molecule has 1 atom stereocenters. The molecule has 0 spiro atoms. The van der Waals surface area contributed by atoms with Gasteiger partial charge in [0.05, 0.1) is 6.04 Å². The van der Waals surface area contributed by atoms with Crippen molar-refractivity contribution in [3.63, 3.8) is 0 Å². The first-order valence-corrected chi connectivity index (χ1v) is 8.28. The number of amides is 2. The van der Waals surface area contributed by atoms with Gasteiger partial charge < -0.3 is 10.6 Å². The van der Waals surface area contributed by atoms with E-state index in [0.717, 1.165) is 23.3 Å². The van der Waals surface area contributed by atoms with E-state index in [-0.39, 0.29) is 18.1 Å². The normalized spacial score (nSPS) is 12.1. The Bertz CT molecular complexity index is 535. The molecule has 0 aliphatic heterocycles. The van der Waals surface area contributed by atoms with Crippen molar-refractivity contribution in [2.45, 2.75) is 38.8 Å². The fraction of sp³-hybridized carbons (Fsp3) is 0.353. The lowest BCUT2D eigenvalue weighted by molar-refractivity contribution is 0.234. The van der Waals surface area contributed by atoms with Gasteiger partial charge in [-0.05, 0) is 29.9 Å². The average Bonchev–Trinajstić information content (AvgIpc) is 3.05. The summed E-state index contributed by atoms with van der Waals surface area (Å²) in [6.07, 6.45) is 1.89. The van der Waals surface area contributed by atoms with Gasteiger partial charge in [0.2, 0.25) is 0 Å². The molecule has 0 saturated heterocycles. The number of hydrogen-bond acceptors (Lipinski definition) is 2. The Morgan fingerprint density at radius 3 is 2.33 bits per heavy atom. The van der Waals surface area contributed by atoms with E-state index in [0.29, 0.717) is 0 Å². The van der Waals surface area contributed by atoms with Gasteiger partial charge in [0.15, 0.2) is 0 Å². The maximum absolute atomic E-state index is 12.2. The molecule has 0 radical (unpaired) electrons. The Kier molecular flexibility index (Phi) is 5.81. The molecule has 4 heteroatoms. The Morgan fingerprint density at radius 2 is 1.76 bits per heavy atom. The third-order valence-electron chi connectivity index (χ3n) is 3.56. The number of carbonyl (C=O) groups is 1. The first-order valence-electron chi connectivity index (χ1n) is 7.40. The molecular formula is C17H22N2OS. The number of carbonyl (C=O) groups excluding carboxylic acids is 1. The summed E-state index contributed by atoms with van der Waals surface area (Å²) >= 11 is 1.66. The van der Waals surface area contributed by atoms with Gasteiger partial charge in [-0.3, -0.25) is 0 Å². The fourth-order valence-corrected chi connectivity index (χ4v) is 3.07. The van der Waals surface area contributed by atoms with Crippen LogP contribution in [-0.2, 0) is 0 Å². The monoisotopic (exact) mass is 302 g/mol. The fourth-order valence-electron chi connectivity index (χ4n) is 2.27. The standard InChI is InChI=1S/C17H22N2OS/c1-3-14(4-2)18-17(20)19-16(15-11-8-12-21-15)13-9-6-5-7-10-13/h5-12,14,16H,3-4H2,1-2H3,(H2,18,19,20). The molecule has 1 heterocycles. The van der Waals surface area contributed by atoms with E-state index in [2.05, 4.69) is 30.5 Å². The summed E-state index contributed by atoms with van der Waals surface area (Å²) in [5, 5.41) is 8.16. The topological polar surface area (TPSA) is 41.1 Å². The van der Waals surface area contributed by atoms with Crippen LogP contribution in [0.4, 0.5) is 4.79 Å². The molecule has 0 bridgehead atoms. The summed E-state index contributed by atoms with van der Waals surface area (Å²) in [7, 11) is 0. The lowest BCUT2D eigenvalue weighted by Crippen LogP contribution is -2.43. The molecular weight excluding hydrogens is 280 g/mol. The van der Waals surface area contributed by atoms with Gasteiger partial charge in [0, 0.05) is 10.9 Å². The minimum Gasteiger partial charge on any atom is -0.335 e.